The lowest BCUT2D eigenvalue weighted by Crippen LogP contribution is -1.88. The zero-order valence-corrected chi connectivity index (χ0v) is 64.5. The molecule has 0 aliphatic carbocycles. The third-order valence-corrected chi connectivity index (χ3v) is 21.1. The van der Waals surface area contributed by atoms with Crippen LogP contribution in [0.3, 0.4) is 0 Å². The number of rotatable bonds is 19. The number of hydrogen-bond acceptors (Lipinski definition) is 8. The molecule has 0 atom stereocenters. The van der Waals surface area contributed by atoms with Gasteiger partial charge < -0.3 is 0 Å². The molecule has 107 heavy (non-hydrogen) atoms. The van der Waals surface area contributed by atoms with Crippen LogP contribution in [0.1, 0.15) is 182 Å². The summed E-state index contributed by atoms with van der Waals surface area (Å²) in [5.74, 6) is 20.5. The summed E-state index contributed by atoms with van der Waals surface area (Å²) in [5.41, 5.74) is 8.67. The van der Waals surface area contributed by atoms with Crippen molar-refractivity contribution in [2.24, 2.45) is 0 Å². The maximum absolute atomic E-state index is 14.4. The van der Waals surface area contributed by atoms with Gasteiger partial charge in [-0.15, -0.1) is 44.2 Å². The van der Waals surface area contributed by atoms with Crippen molar-refractivity contribution in [1.29, 1.82) is 0 Å². The van der Waals surface area contributed by atoms with E-state index < -0.39 is 17.5 Å². The van der Waals surface area contributed by atoms with Crippen LogP contribution < -0.4 is 0 Å². The van der Waals surface area contributed by atoms with Crippen molar-refractivity contribution in [2.45, 2.75) is 152 Å². The van der Waals surface area contributed by atoms with Gasteiger partial charge in [-0.1, -0.05) is 186 Å². The summed E-state index contributed by atoms with van der Waals surface area (Å²) in [4.78, 5) is 13.0. The molecule has 0 aliphatic rings. The third kappa shape index (κ3) is 24.8. The minimum Gasteiger partial charge on any atom is -0.248 e. The van der Waals surface area contributed by atoms with E-state index in [1.165, 1.54) is 115 Å². The van der Waals surface area contributed by atoms with Gasteiger partial charge >= 0.3 is 0 Å². The first-order valence-corrected chi connectivity index (χ1v) is 39.2. The number of aryl methyl sites for hydroxylation is 8. The van der Waals surface area contributed by atoms with Crippen LogP contribution >= 0.6 is 45.3 Å². The van der Waals surface area contributed by atoms with Gasteiger partial charge in [-0.3, -0.25) is 0 Å². The van der Waals surface area contributed by atoms with Crippen molar-refractivity contribution in [1.82, 2.24) is 20.2 Å². The number of thiazole rings is 2. The Morgan fingerprint density at radius 2 is 0.626 bits per heavy atom. The molecule has 12 rings (SSSR count). The van der Waals surface area contributed by atoms with Crippen molar-refractivity contribution >= 4 is 45.3 Å². The van der Waals surface area contributed by atoms with Gasteiger partial charge in [0.25, 0.3) is 0 Å². The number of hydrogen-bond donors (Lipinski definition) is 0. The molecule has 0 fully saturated rings. The predicted molar refractivity (Wildman–Crippen MR) is 427 cm³/mol. The minimum atomic E-state index is -0.438. The number of benzene rings is 8. The summed E-state index contributed by atoms with van der Waals surface area (Å²) in [6.07, 6.45) is 20.4. The van der Waals surface area contributed by atoms with Gasteiger partial charge in [0.05, 0.1) is 43.2 Å². The summed E-state index contributed by atoms with van der Waals surface area (Å²) >= 11 is 6.24. The van der Waals surface area contributed by atoms with E-state index in [1.54, 1.807) is 165 Å². The molecule has 0 spiro atoms. The molecule has 4 aromatic heterocycles. The molecule has 8 aromatic carbocycles. The molecule has 546 valence electrons. The number of unbranched alkanes of at least 4 members (excludes halogenated alkanes) is 7. The van der Waals surface area contributed by atoms with Crippen LogP contribution in [-0.2, 0) is 25.7 Å². The Hall–Kier alpha value is -10.0. The molecule has 0 saturated heterocycles. The Morgan fingerprint density at radius 1 is 0.271 bits per heavy atom. The van der Waals surface area contributed by atoms with E-state index in [1.807, 2.05) is 12.3 Å². The largest absolute Gasteiger partial charge is 0.248 e. The van der Waals surface area contributed by atoms with Crippen LogP contribution in [0.15, 0.2) is 170 Å². The number of aromatic nitrogens is 4. The van der Waals surface area contributed by atoms with Gasteiger partial charge in [0.15, 0.2) is 10.0 Å². The average Bonchev–Trinajstić information content (AvgIpc) is 1.83. The lowest BCUT2D eigenvalue weighted by molar-refractivity contribution is 0.618. The fourth-order valence-corrected chi connectivity index (χ4v) is 13.9. The summed E-state index contributed by atoms with van der Waals surface area (Å²) in [6, 6.07) is 42.9. The van der Waals surface area contributed by atoms with E-state index >= 15 is 0 Å². The average molecular weight is 1510 g/mol. The first-order valence-electron chi connectivity index (χ1n) is 35.9. The van der Waals surface area contributed by atoms with Gasteiger partial charge in [0, 0.05) is 22.4 Å². The fourth-order valence-electron chi connectivity index (χ4n) is 10.7. The van der Waals surface area contributed by atoms with Crippen molar-refractivity contribution in [2.75, 3.05) is 0 Å². The molecule has 12 aromatic rings. The zero-order chi connectivity index (χ0) is 76.2. The number of nitrogens with zero attached hydrogens (tertiary/aromatic N) is 4. The molecule has 0 radical (unpaired) electrons. The molecule has 0 amide bonds. The second-order valence-corrected chi connectivity index (χ2v) is 30.1. The monoisotopic (exact) mass is 1510 g/mol. The summed E-state index contributed by atoms with van der Waals surface area (Å²) < 4.78 is 113. The van der Waals surface area contributed by atoms with Crippen molar-refractivity contribution < 1.29 is 35.1 Å². The molecule has 4 nitrogen and oxygen atoms in total. The maximum atomic E-state index is 14.4. The van der Waals surface area contributed by atoms with E-state index in [0.717, 1.165) is 71.1 Å². The Labute approximate surface area is 640 Å². The van der Waals surface area contributed by atoms with E-state index in [9.17, 15) is 35.1 Å². The molecule has 0 N–H and O–H groups in total. The lowest BCUT2D eigenvalue weighted by Gasteiger charge is -2.05. The van der Waals surface area contributed by atoms with Crippen LogP contribution in [0.4, 0.5) is 35.1 Å². The Morgan fingerprint density at radius 3 is 1.03 bits per heavy atom. The minimum absolute atomic E-state index is 0.284. The molecule has 0 unspecified atom stereocenters. The van der Waals surface area contributed by atoms with Crippen LogP contribution in [0.5, 0.6) is 0 Å². The van der Waals surface area contributed by atoms with Gasteiger partial charge in [-0.05, 0) is 242 Å². The van der Waals surface area contributed by atoms with Gasteiger partial charge in [0.2, 0.25) is 0 Å². The Bertz CT molecular complexity index is 4880. The zero-order valence-electron chi connectivity index (χ0n) is 61.2. The standard InChI is InChI=1S/C24H22F2S.2C23H21F2NS.C21H18F2N2S/c1-3-4-5-6-21-13-14-22(27-21)12-11-18-9-10-20(16-24(18)26)19-8-7-17(2)23(25)15-19;1-3-4-5-6-23-26-15-20(27-23)12-11-17-9-10-19(14-22(17)25)18-8-7-16(2)21(24)13-18;1-3-4-5-6-20-15-26-23(27-20)12-11-17-9-10-19(14-22(17)25)18-8-7-16(2)21(24)13-18;1-3-4-5-20-24-25-21(26-20)11-10-15-8-9-17(13-19(15)23)16-7-6-14(2)18(22)12-16/h7-10,13-16H,3-6H2,1-2H3;2*7-10,13-15H,3-6H2,1-2H3;6-9,12-13H,3-5H2,1-2H3. The first-order chi connectivity index (χ1) is 51.8. The lowest BCUT2D eigenvalue weighted by atomic mass is 10.0. The molecule has 0 bridgehead atoms. The van der Waals surface area contributed by atoms with E-state index in [-0.39, 0.29) is 34.6 Å². The highest BCUT2D eigenvalue weighted by atomic mass is 32.1. The smallest absolute Gasteiger partial charge is 0.191 e. The van der Waals surface area contributed by atoms with E-state index in [4.69, 9.17) is 0 Å². The molecular weight excluding hydrogens is 1430 g/mol. The molecule has 16 heteroatoms. The Kier molecular flexibility index (Phi) is 31.2. The van der Waals surface area contributed by atoms with E-state index in [0.29, 0.717) is 93.5 Å². The molecule has 0 aliphatic heterocycles. The Balaban J connectivity index is 0.000000165. The highest BCUT2D eigenvalue weighted by Gasteiger charge is 2.13. The van der Waals surface area contributed by atoms with Gasteiger partial charge in [-0.2, -0.15) is 0 Å². The summed E-state index contributed by atoms with van der Waals surface area (Å²) in [7, 11) is 0. The van der Waals surface area contributed by atoms with Crippen molar-refractivity contribution in [3.63, 3.8) is 0 Å². The second-order valence-electron chi connectivity index (χ2n) is 25.6. The van der Waals surface area contributed by atoms with Gasteiger partial charge in [0.1, 0.15) is 51.5 Å². The number of thiophene rings is 1. The van der Waals surface area contributed by atoms with E-state index in [2.05, 4.69) is 101 Å². The summed E-state index contributed by atoms with van der Waals surface area (Å²) in [6.45, 7) is 15.5. The topological polar surface area (TPSA) is 51.6 Å². The fraction of sp³-hybridized carbons (Fsp3) is 0.253. The first kappa shape index (κ1) is 81.0. The summed E-state index contributed by atoms with van der Waals surface area (Å²) in [5, 5.41) is 11.4. The van der Waals surface area contributed by atoms with Gasteiger partial charge in [-0.25, -0.2) is 45.1 Å². The second kappa shape index (κ2) is 41.2. The highest BCUT2D eigenvalue weighted by molar-refractivity contribution is 7.13. The van der Waals surface area contributed by atoms with Crippen molar-refractivity contribution in [3.8, 4) is 91.9 Å². The third-order valence-electron chi connectivity index (χ3n) is 17.2. The SMILES string of the molecule is CCCCCc1ccc(C#Cc2ccc(-c3ccc(C)c(F)c3)cc2F)s1.CCCCCc1cnc(C#Cc2ccc(-c3ccc(C)c(F)c3)cc2F)s1.CCCCCc1ncc(C#Cc2ccc(-c3ccc(C)c(F)c3)cc2F)s1.CCCCc1nnc(C#Cc2ccc(-c3ccc(C)c(F)c3)cc2F)s1. The molecular formula is C91H82F8N4S4. The number of halogens is 8. The normalized spacial score (nSPS) is 10.5. The van der Waals surface area contributed by atoms with Crippen LogP contribution in [0, 0.1) is 122 Å². The maximum Gasteiger partial charge on any atom is 0.191 e. The van der Waals surface area contributed by atoms with Crippen LogP contribution in [0.2, 0.25) is 0 Å². The molecule has 0 saturated carbocycles. The van der Waals surface area contributed by atoms with Crippen LogP contribution in [-0.4, -0.2) is 20.2 Å². The quantitative estimate of drug-likeness (QED) is 0.0460. The predicted octanol–water partition coefficient (Wildman–Crippen LogP) is 25.7. The van der Waals surface area contributed by atoms with Crippen LogP contribution in [0.25, 0.3) is 44.5 Å². The van der Waals surface area contributed by atoms with Crippen molar-refractivity contribution in [3.05, 3.63) is 301 Å². The highest BCUT2D eigenvalue weighted by Crippen LogP contribution is 2.30. The molecule has 4 heterocycles.